The molecule has 1 heterocycles. The lowest BCUT2D eigenvalue weighted by Crippen LogP contribution is -2.46. The van der Waals surface area contributed by atoms with Crippen molar-refractivity contribution in [2.75, 3.05) is 6.54 Å². The van der Waals surface area contributed by atoms with Crippen LogP contribution in [0.3, 0.4) is 0 Å². The van der Waals surface area contributed by atoms with Crippen molar-refractivity contribution >= 4 is 22.0 Å². The number of hydrogen-bond donors (Lipinski definition) is 1. The van der Waals surface area contributed by atoms with Crippen LogP contribution in [-0.4, -0.2) is 34.3 Å². The van der Waals surface area contributed by atoms with Crippen molar-refractivity contribution in [2.24, 2.45) is 0 Å². The van der Waals surface area contributed by atoms with Gasteiger partial charge in [-0.2, -0.15) is 0 Å². The highest BCUT2D eigenvalue weighted by atomic mass is 79.9. The van der Waals surface area contributed by atoms with E-state index in [0.29, 0.717) is 13.0 Å². The molecule has 2 rings (SSSR count). The molecule has 4 nitrogen and oxygen atoms in total. The molecule has 1 aromatic rings. The second kappa shape index (κ2) is 7.67. The van der Waals surface area contributed by atoms with Crippen molar-refractivity contribution in [1.29, 1.82) is 0 Å². The van der Waals surface area contributed by atoms with E-state index in [2.05, 4.69) is 15.9 Å². The first-order chi connectivity index (χ1) is 10.8. The fourth-order valence-corrected chi connectivity index (χ4v) is 3.49. The van der Waals surface area contributed by atoms with Gasteiger partial charge in [-0.3, -0.25) is 0 Å². The topological polar surface area (TPSA) is 49.8 Å². The Bertz CT molecular complexity index is 541. The van der Waals surface area contributed by atoms with Crippen LogP contribution in [0.2, 0.25) is 0 Å². The Kier molecular flexibility index (Phi) is 6.09. The molecule has 5 heteroatoms. The molecular formula is C18H26BrNO3. The fourth-order valence-electron chi connectivity index (χ4n) is 2.94. The Morgan fingerprint density at radius 3 is 2.74 bits per heavy atom. The first-order valence-corrected chi connectivity index (χ1v) is 8.99. The lowest BCUT2D eigenvalue weighted by Gasteiger charge is -2.37. The van der Waals surface area contributed by atoms with Crippen molar-refractivity contribution in [2.45, 2.75) is 64.2 Å². The highest BCUT2D eigenvalue weighted by Crippen LogP contribution is 2.31. The van der Waals surface area contributed by atoms with Gasteiger partial charge in [-0.25, -0.2) is 4.79 Å². The minimum atomic E-state index is -0.599. The van der Waals surface area contributed by atoms with Gasteiger partial charge in [-0.1, -0.05) is 34.1 Å². The summed E-state index contributed by atoms with van der Waals surface area (Å²) in [5.41, 5.74) is 0.363. The monoisotopic (exact) mass is 383 g/mol. The van der Waals surface area contributed by atoms with E-state index in [1.54, 1.807) is 4.90 Å². The quantitative estimate of drug-likeness (QED) is 0.825. The summed E-state index contributed by atoms with van der Waals surface area (Å²) in [6.07, 6.45) is 2.62. The van der Waals surface area contributed by atoms with Crippen molar-refractivity contribution in [3.8, 4) is 0 Å². The van der Waals surface area contributed by atoms with Crippen LogP contribution in [0.5, 0.6) is 0 Å². The largest absolute Gasteiger partial charge is 0.444 e. The van der Waals surface area contributed by atoms with Crippen LogP contribution < -0.4 is 0 Å². The molecule has 1 saturated heterocycles. The number of benzene rings is 1. The van der Waals surface area contributed by atoms with Crippen LogP contribution in [0, 0.1) is 0 Å². The second-order valence-electron chi connectivity index (χ2n) is 7.10. The van der Waals surface area contributed by atoms with Crippen LogP contribution in [0.4, 0.5) is 4.79 Å². The molecule has 2 atom stereocenters. The first kappa shape index (κ1) is 18.3. The van der Waals surface area contributed by atoms with E-state index in [4.69, 9.17) is 4.74 Å². The minimum Gasteiger partial charge on any atom is -0.444 e. The number of aliphatic hydroxyl groups is 1. The number of piperidine rings is 1. The molecule has 0 aromatic heterocycles. The molecule has 1 aliphatic rings. The number of carbonyl (C=O) groups is 1. The Hall–Kier alpha value is -1.07. The minimum absolute atomic E-state index is 0.0145. The number of aliphatic hydroxyl groups excluding tert-OH is 1. The average molecular weight is 384 g/mol. The summed E-state index contributed by atoms with van der Waals surface area (Å²) < 4.78 is 6.41. The molecule has 0 radical (unpaired) electrons. The van der Waals surface area contributed by atoms with Crippen LogP contribution >= 0.6 is 15.9 Å². The number of amides is 1. The van der Waals surface area contributed by atoms with Crippen molar-refractivity contribution in [3.05, 3.63) is 34.3 Å². The summed E-state index contributed by atoms with van der Waals surface area (Å²) in [5, 5.41) is 10.6. The lowest BCUT2D eigenvalue weighted by molar-refractivity contribution is 0.00233. The van der Waals surface area contributed by atoms with Crippen molar-refractivity contribution < 1.29 is 14.6 Å². The molecule has 0 spiro atoms. The molecule has 1 aromatic carbocycles. The zero-order valence-corrected chi connectivity index (χ0v) is 15.7. The normalized spacial score (nSPS) is 20.2. The molecule has 1 aliphatic heterocycles. The van der Waals surface area contributed by atoms with Crippen molar-refractivity contribution in [1.82, 2.24) is 4.90 Å². The van der Waals surface area contributed by atoms with Gasteiger partial charge >= 0.3 is 6.09 Å². The van der Waals surface area contributed by atoms with Gasteiger partial charge in [-0.15, -0.1) is 0 Å². The number of halogens is 1. The molecule has 0 unspecified atom stereocenters. The average Bonchev–Trinajstić information content (AvgIpc) is 2.46. The standard InChI is InChI=1S/C18H26BrNO3/c1-18(2,3)23-17(22)20-11-7-6-8-13(20)12-16(21)14-9-4-5-10-15(14)19/h4-5,9-10,13,16,21H,6-8,11-12H2,1-3H3/t13-,16+/m0/s1. The number of rotatable bonds is 3. The fraction of sp³-hybridized carbons (Fsp3) is 0.611. The SMILES string of the molecule is CC(C)(C)OC(=O)N1CCCC[C@H]1C[C@@H](O)c1ccccc1Br. The lowest BCUT2D eigenvalue weighted by atomic mass is 9.94. The summed E-state index contributed by atoms with van der Waals surface area (Å²) in [7, 11) is 0. The van der Waals surface area contributed by atoms with Gasteiger partial charge in [0.25, 0.3) is 0 Å². The second-order valence-corrected chi connectivity index (χ2v) is 7.95. The Balaban J connectivity index is 2.06. The van der Waals surface area contributed by atoms with Gasteiger partial charge in [0.1, 0.15) is 5.60 Å². The summed E-state index contributed by atoms with van der Waals surface area (Å²) in [5.74, 6) is 0. The smallest absolute Gasteiger partial charge is 0.410 e. The van der Waals surface area contributed by atoms with E-state index in [0.717, 1.165) is 29.3 Å². The van der Waals surface area contributed by atoms with Crippen LogP contribution in [0.15, 0.2) is 28.7 Å². The van der Waals surface area contributed by atoms with E-state index in [-0.39, 0.29) is 12.1 Å². The summed E-state index contributed by atoms with van der Waals surface area (Å²) in [6, 6.07) is 7.69. The van der Waals surface area contributed by atoms with Crippen LogP contribution in [0.1, 0.15) is 58.1 Å². The van der Waals surface area contributed by atoms with Gasteiger partial charge in [0, 0.05) is 17.1 Å². The maximum Gasteiger partial charge on any atom is 0.410 e. The number of likely N-dealkylation sites (tertiary alicyclic amines) is 1. The van der Waals surface area contributed by atoms with E-state index < -0.39 is 11.7 Å². The molecule has 0 saturated carbocycles. The zero-order chi connectivity index (χ0) is 17.0. The molecule has 23 heavy (non-hydrogen) atoms. The van der Waals surface area contributed by atoms with E-state index >= 15 is 0 Å². The van der Waals surface area contributed by atoms with Gasteiger partial charge in [0.15, 0.2) is 0 Å². The highest BCUT2D eigenvalue weighted by Gasteiger charge is 2.32. The molecule has 0 bridgehead atoms. The third kappa shape index (κ3) is 5.21. The predicted molar refractivity (Wildman–Crippen MR) is 94.3 cm³/mol. The Morgan fingerprint density at radius 1 is 1.39 bits per heavy atom. The highest BCUT2D eigenvalue weighted by molar-refractivity contribution is 9.10. The maximum atomic E-state index is 12.4. The molecular weight excluding hydrogens is 358 g/mol. The Labute approximate surface area is 147 Å². The van der Waals surface area contributed by atoms with E-state index in [1.165, 1.54) is 0 Å². The van der Waals surface area contributed by atoms with E-state index in [9.17, 15) is 9.90 Å². The molecule has 1 fully saturated rings. The van der Waals surface area contributed by atoms with Crippen molar-refractivity contribution in [3.63, 3.8) is 0 Å². The van der Waals surface area contributed by atoms with Gasteiger partial charge in [0.2, 0.25) is 0 Å². The predicted octanol–water partition coefficient (Wildman–Crippen LogP) is 4.66. The number of carbonyl (C=O) groups excluding carboxylic acids is 1. The molecule has 1 amide bonds. The third-order valence-corrected chi connectivity index (χ3v) is 4.74. The summed E-state index contributed by atoms with van der Waals surface area (Å²) in [6.45, 7) is 6.32. The number of ether oxygens (including phenoxy) is 1. The Morgan fingerprint density at radius 2 is 2.09 bits per heavy atom. The molecule has 1 N–H and O–H groups in total. The maximum absolute atomic E-state index is 12.4. The molecule has 0 aliphatic carbocycles. The van der Waals surface area contributed by atoms with Crippen LogP contribution in [0.25, 0.3) is 0 Å². The third-order valence-electron chi connectivity index (χ3n) is 4.01. The molecule has 128 valence electrons. The zero-order valence-electron chi connectivity index (χ0n) is 14.1. The number of hydrogen-bond acceptors (Lipinski definition) is 3. The van der Waals surface area contributed by atoms with Gasteiger partial charge in [0.05, 0.1) is 6.10 Å². The summed E-state index contributed by atoms with van der Waals surface area (Å²) >= 11 is 3.48. The summed E-state index contributed by atoms with van der Waals surface area (Å²) in [4.78, 5) is 14.2. The first-order valence-electron chi connectivity index (χ1n) is 8.20. The van der Waals surface area contributed by atoms with Gasteiger partial charge < -0.3 is 14.7 Å². The van der Waals surface area contributed by atoms with Crippen LogP contribution in [-0.2, 0) is 4.74 Å². The number of nitrogens with zero attached hydrogens (tertiary/aromatic N) is 1. The van der Waals surface area contributed by atoms with E-state index in [1.807, 2.05) is 45.0 Å². The van der Waals surface area contributed by atoms with Gasteiger partial charge in [-0.05, 0) is 58.1 Å².